The van der Waals surface area contributed by atoms with Gasteiger partial charge in [-0.1, -0.05) is 30.7 Å². The first-order chi connectivity index (χ1) is 5.61. The number of hydrogen-bond acceptors (Lipinski definition) is 1. The summed E-state index contributed by atoms with van der Waals surface area (Å²) in [6, 6.07) is 0. The molecule has 0 aromatic carbocycles. The van der Waals surface area contributed by atoms with E-state index in [1.807, 2.05) is 6.08 Å². The molecule has 1 heterocycles. The molecule has 0 spiro atoms. The standard InChI is InChI=1S/C8H10BF2O/c1-6-3-2-4-7-5-12-9(10,11)8(6)7/h2-4,6,8H,5H2,1H3/q-1. The van der Waals surface area contributed by atoms with Gasteiger partial charge in [0, 0.05) is 6.61 Å². The van der Waals surface area contributed by atoms with Gasteiger partial charge in [-0.2, -0.15) is 0 Å². The largest absolute Gasteiger partial charge is 0.535 e. The molecule has 1 nitrogen and oxygen atoms in total. The summed E-state index contributed by atoms with van der Waals surface area (Å²) < 4.78 is 30.7. The molecule has 0 amide bonds. The zero-order chi connectivity index (χ0) is 8.77. The fraction of sp³-hybridized carbons (Fsp3) is 0.500. The molecular formula is C8H10BF2O-. The molecule has 0 bridgehead atoms. The SMILES string of the molecule is CC1C=CC=C2CO[B-](F)(F)C21. The van der Waals surface area contributed by atoms with E-state index < -0.39 is 12.7 Å². The maximum Gasteiger partial charge on any atom is 0.452 e. The first-order valence-electron chi connectivity index (χ1n) is 4.14. The summed E-state index contributed by atoms with van der Waals surface area (Å²) in [7, 11) is 0. The maximum absolute atomic E-state index is 13.1. The molecule has 12 heavy (non-hydrogen) atoms. The number of halogens is 2. The van der Waals surface area contributed by atoms with Crippen LogP contribution >= 0.6 is 0 Å². The molecule has 2 aliphatic rings. The van der Waals surface area contributed by atoms with Gasteiger partial charge in [0.1, 0.15) is 0 Å². The minimum atomic E-state index is -3.60. The van der Waals surface area contributed by atoms with Crippen LogP contribution in [-0.2, 0) is 4.65 Å². The lowest BCUT2D eigenvalue weighted by atomic mass is 9.61. The number of fused-ring (bicyclic) bond motifs is 1. The van der Waals surface area contributed by atoms with Crippen LogP contribution in [-0.4, -0.2) is 13.5 Å². The lowest BCUT2D eigenvalue weighted by Gasteiger charge is -2.30. The molecule has 2 atom stereocenters. The predicted octanol–water partition coefficient (Wildman–Crippen LogP) is 2.40. The molecule has 1 saturated heterocycles. The molecule has 1 aliphatic carbocycles. The summed E-state index contributed by atoms with van der Waals surface area (Å²) in [6.45, 7) is -1.69. The van der Waals surface area contributed by atoms with Crippen molar-refractivity contribution in [1.29, 1.82) is 0 Å². The van der Waals surface area contributed by atoms with Crippen LogP contribution in [0.25, 0.3) is 0 Å². The highest BCUT2D eigenvalue weighted by Crippen LogP contribution is 2.46. The van der Waals surface area contributed by atoms with Gasteiger partial charge in [-0.05, 0) is 11.7 Å². The van der Waals surface area contributed by atoms with Crippen molar-refractivity contribution in [3.8, 4) is 0 Å². The van der Waals surface area contributed by atoms with Crippen molar-refractivity contribution in [1.82, 2.24) is 0 Å². The zero-order valence-electron chi connectivity index (χ0n) is 6.84. The summed E-state index contributed by atoms with van der Waals surface area (Å²) in [5.41, 5.74) is 0.745. The van der Waals surface area contributed by atoms with Gasteiger partial charge in [0.15, 0.2) is 0 Å². The molecule has 2 rings (SSSR count). The Labute approximate surface area is 70.1 Å². The van der Waals surface area contributed by atoms with Crippen LogP contribution < -0.4 is 0 Å². The van der Waals surface area contributed by atoms with E-state index in [-0.39, 0.29) is 12.5 Å². The second kappa shape index (κ2) is 2.42. The van der Waals surface area contributed by atoms with Crippen LogP contribution in [0.2, 0.25) is 5.82 Å². The smallest absolute Gasteiger partial charge is 0.452 e. The van der Waals surface area contributed by atoms with Gasteiger partial charge in [-0.15, -0.1) is 0 Å². The van der Waals surface area contributed by atoms with Crippen molar-refractivity contribution in [2.24, 2.45) is 5.92 Å². The van der Waals surface area contributed by atoms with E-state index in [4.69, 9.17) is 0 Å². The Morgan fingerprint density at radius 1 is 1.58 bits per heavy atom. The Morgan fingerprint density at radius 2 is 2.33 bits per heavy atom. The summed E-state index contributed by atoms with van der Waals surface area (Å²) in [6.07, 6.45) is 5.38. The Balaban J connectivity index is 2.34. The Bertz CT molecular complexity index is 260. The van der Waals surface area contributed by atoms with E-state index in [1.54, 1.807) is 19.1 Å². The van der Waals surface area contributed by atoms with E-state index in [0.29, 0.717) is 0 Å². The third kappa shape index (κ3) is 1.02. The molecule has 0 aromatic rings. The highest BCUT2D eigenvalue weighted by molar-refractivity contribution is 6.63. The molecule has 4 heteroatoms. The highest BCUT2D eigenvalue weighted by Gasteiger charge is 2.46. The fourth-order valence-electron chi connectivity index (χ4n) is 1.98. The average molecular weight is 171 g/mol. The molecule has 1 aliphatic heterocycles. The van der Waals surface area contributed by atoms with Crippen LogP contribution in [0.4, 0.5) is 8.63 Å². The summed E-state index contributed by atoms with van der Waals surface area (Å²) >= 11 is 0. The Hall–Kier alpha value is -0.635. The molecule has 66 valence electrons. The van der Waals surface area contributed by atoms with Crippen LogP contribution in [0.5, 0.6) is 0 Å². The molecule has 0 aromatic heterocycles. The fourth-order valence-corrected chi connectivity index (χ4v) is 1.98. The molecule has 0 radical (unpaired) electrons. The predicted molar refractivity (Wildman–Crippen MR) is 44.1 cm³/mol. The molecule has 2 unspecified atom stereocenters. The molecule has 0 saturated carbocycles. The van der Waals surface area contributed by atoms with Gasteiger partial charge in [0.25, 0.3) is 0 Å². The number of rotatable bonds is 0. The van der Waals surface area contributed by atoms with Crippen molar-refractivity contribution in [2.45, 2.75) is 12.7 Å². The summed E-state index contributed by atoms with van der Waals surface area (Å²) in [5, 5.41) is 0. The van der Waals surface area contributed by atoms with Crippen molar-refractivity contribution < 1.29 is 13.3 Å². The number of allylic oxidation sites excluding steroid dienone is 3. The first-order valence-corrected chi connectivity index (χ1v) is 4.14. The van der Waals surface area contributed by atoms with Crippen molar-refractivity contribution in [2.75, 3.05) is 6.61 Å². The minimum absolute atomic E-state index is 0.0949. The van der Waals surface area contributed by atoms with Crippen LogP contribution in [0, 0.1) is 5.92 Å². The second-order valence-electron chi connectivity index (χ2n) is 3.47. The second-order valence-corrected chi connectivity index (χ2v) is 3.47. The third-order valence-corrected chi connectivity index (χ3v) is 2.61. The van der Waals surface area contributed by atoms with Crippen molar-refractivity contribution in [3.05, 3.63) is 23.8 Å². The van der Waals surface area contributed by atoms with Crippen LogP contribution in [0.3, 0.4) is 0 Å². The summed E-state index contributed by atoms with van der Waals surface area (Å²) in [4.78, 5) is 0. The third-order valence-electron chi connectivity index (χ3n) is 2.61. The van der Waals surface area contributed by atoms with Crippen molar-refractivity contribution in [3.63, 3.8) is 0 Å². The lowest BCUT2D eigenvalue weighted by molar-refractivity contribution is 0.271. The minimum Gasteiger partial charge on any atom is -0.535 e. The van der Waals surface area contributed by atoms with Crippen LogP contribution in [0.1, 0.15) is 6.92 Å². The zero-order valence-corrected chi connectivity index (χ0v) is 6.84. The quantitative estimate of drug-likeness (QED) is 0.508. The van der Waals surface area contributed by atoms with Crippen molar-refractivity contribution >= 4 is 6.90 Å². The topological polar surface area (TPSA) is 9.23 Å². The van der Waals surface area contributed by atoms with Crippen LogP contribution in [0.15, 0.2) is 23.8 Å². The Kier molecular flexibility index (Phi) is 1.61. The maximum atomic E-state index is 13.1. The van der Waals surface area contributed by atoms with E-state index in [9.17, 15) is 8.63 Å². The van der Waals surface area contributed by atoms with E-state index >= 15 is 0 Å². The van der Waals surface area contributed by atoms with E-state index in [0.717, 1.165) is 5.57 Å². The van der Waals surface area contributed by atoms with Gasteiger partial charge in [0.05, 0.1) is 0 Å². The molecule has 0 N–H and O–H groups in total. The molecule has 1 fully saturated rings. The summed E-state index contributed by atoms with van der Waals surface area (Å²) in [5.74, 6) is -0.766. The van der Waals surface area contributed by atoms with Gasteiger partial charge >= 0.3 is 6.90 Å². The van der Waals surface area contributed by atoms with Gasteiger partial charge in [0.2, 0.25) is 0 Å². The normalized spacial score (nSPS) is 37.8. The van der Waals surface area contributed by atoms with E-state index in [1.165, 1.54) is 0 Å². The highest BCUT2D eigenvalue weighted by atomic mass is 19.3. The van der Waals surface area contributed by atoms with Gasteiger partial charge < -0.3 is 13.3 Å². The monoisotopic (exact) mass is 171 g/mol. The number of hydrogen-bond donors (Lipinski definition) is 0. The van der Waals surface area contributed by atoms with E-state index in [2.05, 4.69) is 4.65 Å². The van der Waals surface area contributed by atoms with Gasteiger partial charge in [-0.3, -0.25) is 0 Å². The first kappa shape index (κ1) is 7.99. The van der Waals surface area contributed by atoms with Gasteiger partial charge in [-0.25, -0.2) is 0 Å². The average Bonchev–Trinajstić information content (AvgIpc) is 2.29. The Morgan fingerprint density at radius 3 is 3.00 bits per heavy atom. The lowest BCUT2D eigenvalue weighted by Crippen LogP contribution is -2.31. The molecular weight excluding hydrogens is 161 g/mol.